The van der Waals surface area contributed by atoms with Crippen LogP contribution >= 0.6 is 0 Å². The lowest BCUT2D eigenvalue weighted by atomic mass is 9.98. The molecule has 0 aromatic carbocycles. The molecule has 1 N–H and O–H groups in total. The Hall–Kier alpha value is -0.340. The molecule has 1 aliphatic heterocycles. The lowest BCUT2D eigenvalue weighted by molar-refractivity contribution is 0.00870. The van der Waals surface area contributed by atoms with Gasteiger partial charge in [0.1, 0.15) is 0 Å². The Bertz CT molecular complexity index is 185. The van der Waals surface area contributed by atoms with Gasteiger partial charge >= 0.3 is 0 Å². The van der Waals surface area contributed by atoms with E-state index in [1.807, 2.05) is 7.05 Å². The first-order chi connectivity index (χ1) is 7.22. The SMILES string of the molecule is C=C(C)CC(CCC1CCCCO1)NC. The van der Waals surface area contributed by atoms with Crippen molar-refractivity contribution in [3.8, 4) is 0 Å². The molecular formula is C13H25NO. The molecule has 1 heterocycles. The van der Waals surface area contributed by atoms with Crippen LogP contribution in [0.4, 0.5) is 0 Å². The molecule has 0 aliphatic carbocycles. The highest BCUT2D eigenvalue weighted by atomic mass is 16.5. The molecular weight excluding hydrogens is 186 g/mol. The minimum absolute atomic E-state index is 0.514. The molecule has 15 heavy (non-hydrogen) atoms. The zero-order valence-electron chi connectivity index (χ0n) is 10.2. The van der Waals surface area contributed by atoms with Gasteiger partial charge in [0.2, 0.25) is 0 Å². The molecule has 2 unspecified atom stereocenters. The molecule has 0 radical (unpaired) electrons. The van der Waals surface area contributed by atoms with Gasteiger partial charge in [-0.1, -0.05) is 5.57 Å². The third-order valence-electron chi connectivity index (χ3n) is 3.11. The van der Waals surface area contributed by atoms with Gasteiger partial charge in [-0.15, -0.1) is 6.58 Å². The van der Waals surface area contributed by atoms with Crippen molar-refractivity contribution in [2.24, 2.45) is 0 Å². The first-order valence-electron chi connectivity index (χ1n) is 6.15. The second-order valence-corrected chi connectivity index (χ2v) is 4.71. The van der Waals surface area contributed by atoms with Gasteiger partial charge in [0.05, 0.1) is 6.10 Å². The number of nitrogens with one attached hydrogen (secondary N) is 1. The summed E-state index contributed by atoms with van der Waals surface area (Å²) in [5.41, 5.74) is 1.26. The molecule has 88 valence electrons. The van der Waals surface area contributed by atoms with Gasteiger partial charge in [0.15, 0.2) is 0 Å². The first kappa shape index (κ1) is 12.7. The van der Waals surface area contributed by atoms with Crippen LogP contribution in [0, 0.1) is 0 Å². The average molecular weight is 211 g/mol. The van der Waals surface area contributed by atoms with Crippen LogP contribution in [-0.4, -0.2) is 25.8 Å². The molecule has 0 bridgehead atoms. The molecule has 0 spiro atoms. The summed E-state index contributed by atoms with van der Waals surface area (Å²) in [5.74, 6) is 0. The van der Waals surface area contributed by atoms with Crippen LogP contribution in [0.5, 0.6) is 0 Å². The molecule has 0 saturated carbocycles. The van der Waals surface area contributed by atoms with Crippen LogP contribution in [0.15, 0.2) is 12.2 Å². The summed E-state index contributed by atoms with van der Waals surface area (Å²) in [7, 11) is 2.04. The summed E-state index contributed by atoms with van der Waals surface area (Å²) in [6.45, 7) is 7.03. The van der Waals surface area contributed by atoms with Crippen LogP contribution in [0.1, 0.15) is 45.4 Å². The van der Waals surface area contributed by atoms with Gasteiger partial charge in [0, 0.05) is 12.6 Å². The topological polar surface area (TPSA) is 21.3 Å². The van der Waals surface area contributed by atoms with Gasteiger partial charge in [-0.2, -0.15) is 0 Å². The highest BCUT2D eigenvalue weighted by Gasteiger charge is 2.15. The fourth-order valence-corrected chi connectivity index (χ4v) is 2.19. The molecule has 0 aromatic heterocycles. The Kier molecular flexibility index (Phi) is 5.96. The van der Waals surface area contributed by atoms with Gasteiger partial charge in [-0.05, 0) is 52.5 Å². The quantitative estimate of drug-likeness (QED) is 0.682. The van der Waals surface area contributed by atoms with E-state index in [4.69, 9.17) is 4.74 Å². The maximum Gasteiger partial charge on any atom is 0.0575 e. The van der Waals surface area contributed by atoms with E-state index in [1.165, 1.54) is 37.7 Å². The summed E-state index contributed by atoms with van der Waals surface area (Å²) in [4.78, 5) is 0. The molecule has 0 aromatic rings. The fraction of sp³-hybridized carbons (Fsp3) is 0.846. The Morgan fingerprint density at radius 2 is 2.33 bits per heavy atom. The molecule has 1 rings (SSSR count). The van der Waals surface area contributed by atoms with E-state index in [9.17, 15) is 0 Å². The number of hydrogen-bond donors (Lipinski definition) is 1. The maximum absolute atomic E-state index is 5.73. The second-order valence-electron chi connectivity index (χ2n) is 4.71. The lowest BCUT2D eigenvalue weighted by Crippen LogP contribution is -2.28. The molecule has 2 atom stereocenters. The number of ether oxygens (including phenoxy) is 1. The molecule has 2 nitrogen and oxygen atoms in total. The van der Waals surface area contributed by atoms with E-state index in [2.05, 4.69) is 18.8 Å². The van der Waals surface area contributed by atoms with Crippen LogP contribution in [0.3, 0.4) is 0 Å². The van der Waals surface area contributed by atoms with Gasteiger partial charge in [0.25, 0.3) is 0 Å². The summed E-state index contributed by atoms with van der Waals surface area (Å²) in [6.07, 6.45) is 7.84. The van der Waals surface area contributed by atoms with E-state index in [0.717, 1.165) is 13.0 Å². The Morgan fingerprint density at radius 3 is 2.87 bits per heavy atom. The Balaban J connectivity index is 2.17. The van der Waals surface area contributed by atoms with Crippen molar-refractivity contribution in [1.29, 1.82) is 0 Å². The summed E-state index contributed by atoms with van der Waals surface area (Å²) in [5, 5.41) is 3.36. The number of rotatable bonds is 6. The van der Waals surface area contributed by atoms with Crippen molar-refractivity contribution in [3.63, 3.8) is 0 Å². The lowest BCUT2D eigenvalue weighted by Gasteiger charge is -2.24. The zero-order valence-corrected chi connectivity index (χ0v) is 10.2. The largest absolute Gasteiger partial charge is 0.378 e. The van der Waals surface area contributed by atoms with Crippen molar-refractivity contribution in [2.75, 3.05) is 13.7 Å². The third kappa shape index (κ3) is 5.33. The maximum atomic E-state index is 5.73. The van der Waals surface area contributed by atoms with Gasteiger partial charge < -0.3 is 10.1 Å². The fourth-order valence-electron chi connectivity index (χ4n) is 2.19. The van der Waals surface area contributed by atoms with Crippen LogP contribution in [0.25, 0.3) is 0 Å². The Morgan fingerprint density at radius 1 is 1.53 bits per heavy atom. The minimum atomic E-state index is 0.514. The first-order valence-corrected chi connectivity index (χ1v) is 6.15. The van der Waals surface area contributed by atoms with E-state index in [0.29, 0.717) is 12.1 Å². The van der Waals surface area contributed by atoms with E-state index in [-0.39, 0.29) is 0 Å². The van der Waals surface area contributed by atoms with Crippen molar-refractivity contribution in [3.05, 3.63) is 12.2 Å². The second kappa shape index (κ2) is 7.02. The van der Waals surface area contributed by atoms with Crippen molar-refractivity contribution < 1.29 is 4.74 Å². The van der Waals surface area contributed by atoms with E-state index >= 15 is 0 Å². The van der Waals surface area contributed by atoms with Crippen LogP contribution < -0.4 is 5.32 Å². The van der Waals surface area contributed by atoms with E-state index < -0.39 is 0 Å². The molecule has 1 fully saturated rings. The zero-order chi connectivity index (χ0) is 11.1. The van der Waals surface area contributed by atoms with Gasteiger partial charge in [-0.25, -0.2) is 0 Å². The van der Waals surface area contributed by atoms with E-state index in [1.54, 1.807) is 0 Å². The van der Waals surface area contributed by atoms with Crippen LogP contribution in [-0.2, 0) is 4.74 Å². The highest BCUT2D eigenvalue weighted by Crippen LogP contribution is 2.19. The molecule has 1 aliphatic rings. The summed E-state index contributed by atoms with van der Waals surface area (Å²) >= 11 is 0. The summed E-state index contributed by atoms with van der Waals surface area (Å²) in [6, 6.07) is 0.577. The average Bonchev–Trinajstić information content (AvgIpc) is 2.25. The van der Waals surface area contributed by atoms with Crippen molar-refractivity contribution in [1.82, 2.24) is 5.32 Å². The smallest absolute Gasteiger partial charge is 0.0575 e. The van der Waals surface area contributed by atoms with Crippen molar-refractivity contribution in [2.45, 2.75) is 57.6 Å². The third-order valence-corrected chi connectivity index (χ3v) is 3.11. The summed E-state index contributed by atoms with van der Waals surface area (Å²) < 4.78 is 5.73. The normalized spacial score (nSPS) is 23.7. The predicted molar refractivity (Wildman–Crippen MR) is 65.1 cm³/mol. The highest BCUT2D eigenvalue weighted by molar-refractivity contribution is 4.92. The van der Waals surface area contributed by atoms with Crippen molar-refractivity contribution >= 4 is 0 Å². The van der Waals surface area contributed by atoms with Crippen LogP contribution in [0.2, 0.25) is 0 Å². The standard InChI is InChI=1S/C13H25NO/c1-11(2)10-12(14-3)7-8-13-6-4-5-9-15-13/h12-14H,1,4-10H2,2-3H3. The molecule has 0 amide bonds. The monoisotopic (exact) mass is 211 g/mol. The van der Waals surface area contributed by atoms with Gasteiger partial charge in [-0.3, -0.25) is 0 Å². The predicted octanol–water partition coefficient (Wildman–Crippen LogP) is 2.89. The minimum Gasteiger partial charge on any atom is -0.378 e. The Labute approximate surface area is 94.1 Å². The number of hydrogen-bond acceptors (Lipinski definition) is 2. The molecule has 1 saturated heterocycles. The molecule has 2 heteroatoms.